The molecule has 0 aromatic heterocycles. The van der Waals surface area contributed by atoms with E-state index in [1.807, 2.05) is 6.92 Å². The highest BCUT2D eigenvalue weighted by molar-refractivity contribution is 6.06. The first-order valence-corrected chi connectivity index (χ1v) is 6.23. The first-order valence-electron chi connectivity index (χ1n) is 6.23. The van der Waals surface area contributed by atoms with Gasteiger partial charge in [0.25, 0.3) is 0 Å². The Labute approximate surface area is 115 Å². The third-order valence-corrected chi connectivity index (χ3v) is 3.40. The fraction of sp³-hybridized carbons (Fsp3) is 0.294. The van der Waals surface area contributed by atoms with Crippen LogP contribution >= 0.6 is 0 Å². The molecule has 102 valence electrons. The molecule has 0 rings (SSSR count). The zero-order chi connectivity index (χ0) is 15.1. The monoisotopic (exact) mass is 258 g/mol. The Kier molecular flexibility index (Phi) is 6.70. The number of ketones is 2. The van der Waals surface area contributed by atoms with E-state index < -0.39 is 5.41 Å². The van der Waals surface area contributed by atoms with Crippen molar-refractivity contribution in [2.75, 3.05) is 0 Å². The minimum atomic E-state index is -0.937. The zero-order valence-corrected chi connectivity index (χ0v) is 11.9. The number of hydrogen-bond donors (Lipinski definition) is 0. The second-order valence-electron chi connectivity index (χ2n) is 4.26. The Bertz CT molecular complexity index is 452. The molecule has 1 atom stereocenters. The van der Waals surface area contributed by atoms with Gasteiger partial charge in [-0.3, -0.25) is 9.59 Å². The van der Waals surface area contributed by atoms with Crippen molar-refractivity contribution in [2.24, 2.45) is 5.41 Å². The summed E-state index contributed by atoms with van der Waals surface area (Å²) in [6, 6.07) is 0. The van der Waals surface area contributed by atoms with E-state index in [1.54, 1.807) is 19.1 Å². The lowest BCUT2D eigenvalue weighted by Crippen LogP contribution is -2.30. The number of carbonyl (C=O) groups is 2. The molecular formula is C17H22O2. The highest BCUT2D eigenvalue weighted by atomic mass is 16.1. The lowest BCUT2D eigenvalue weighted by atomic mass is 9.71. The van der Waals surface area contributed by atoms with Crippen molar-refractivity contribution in [1.82, 2.24) is 0 Å². The maximum atomic E-state index is 12.2. The molecule has 0 saturated carbocycles. The van der Waals surface area contributed by atoms with Crippen LogP contribution in [0.4, 0.5) is 0 Å². The molecule has 0 radical (unpaired) electrons. The molecular weight excluding hydrogens is 236 g/mol. The smallest absolute Gasteiger partial charge is 0.181 e. The molecule has 2 nitrogen and oxygen atoms in total. The summed E-state index contributed by atoms with van der Waals surface area (Å²) >= 11 is 0. The molecule has 0 saturated heterocycles. The maximum Gasteiger partial charge on any atom is 0.181 e. The molecule has 0 heterocycles. The lowest BCUT2D eigenvalue weighted by Gasteiger charge is -2.29. The van der Waals surface area contributed by atoms with Gasteiger partial charge in [-0.05, 0) is 43.1 Å². The molecule has 19 heavy (non-hydrogen) atoms. The number of hydrogen-bond acceptors (Lipinski definition) is 2. The number of carbonyl (C=O) groups excluding carboxylic acids is 2. The molecule has 0 spiro atoms. The summed E-state index contributed by atoms with van der Waals surface area (Å²) in [5.74, 6) is -0.338. The molecule has 0 aromatic carbocycles. The van der Waals surface area contributed by atoms with E-state index in [-0.39, 0.29) is 11.6 Å². The fourth-order valence-electron chi connectivity index (χ4n) is 2.20. The van der Waals surface area contributed by atoms with Crippen molar-refractivity contribution < 1.29 is 9.59 Å². The highest BCUT2D eigenvalue weighted by Crippen LogP contribution is 2.37. The van der Waals surface area contributed by atoms with E-state index in [2.05, 4.69) is 26.3 Å². The summed E-state index contributed by atoms with van der Waals surface area (Å²) in [6.45, 7) is 18.1. The second-order valence-corrected chi connectivity index (χ2v) is 4.26. The van der Waals surface area contributed by atoms with Crippen molar-refractivity contribution in [1.29, 1.82) is 0 Å². The van der Waals surface area contributed by atoms with Gasteiger partial charge in [0.05, 0.1) is 5.41 Å². The van der Waals surface area contributed by atoms with Gasteiger partial charge in [0.2, 0.25) is 0 Å². The van der Waals surface area contributed by atoms with Gasteiger partial charge in [-0.1, -0.05) is 32.2 Å². The van der Waals surface area contributed by atoms with Gasteiger partial charge in [0.1, 0.15) is 0 Å². The number of allylic oxidation sites excluding steroid dienone is 6. The van der Waals surface area contributed by atoms with Crippen LogP contribution in [0.5, 0.6) is 0 Å². The standard InChI is InChI=1S/C17H22O2/c1-7-12-17(11-5,16(19)10-4)13(6)14(8-2)15(18)9-3/h7,9-11H,1,3-5,8,12H2,2,6H3. The average Bonchev–Trinajstić information content (AvgIpc) is 2.44. The summed E-state index contributed by atoms with van der Waals surface area (Å²) in [7, 11) is 0. The zero-order valence-electron chi connectivity index (χ0n) is 11.9. The predicted molar refractivity (Wildman–Crippen MR) is 80.8 cm³/mol. The molecule has 0 aliphatic carbocycles. The summed E-state index contributed by atoms with van der Waals surface area (Å²) in [4.78, 5) is 24.1. The molecule has 0 aliphatic heterocycles. The minimum Gasteiger partial charge on any atom is -0.294 e. The van der Waals surface area contributed by atoms with Gasteiger partial charge in [0, 0.05) is 0 Å². The van der Waals surface area contributed by atoms with Crippen molar-refractivity contribution in [3.05, 3.63) is 61.8 Å². The molecule has 1 unspecified atom stereocenters. The molecule has 0 N–H and O–H groups in total. The topological polar surface area (TPSA) is 34.1 Å². The minimum absolute atomic E-state index is 0.160. The number of rotatable bonds is 9. The van der Waals surface area contributed by atoms with Gasteiger partial charge in [-0.2, -0.15) is 0 Å². The Balaban J connectivity index is 6.18. The summed E-state index contributed by atoms with van der Waals surface area (Å²) in [5, 5.41) is 0. The lowest BCUT2D eigenvalue weighted by molar-refractivity contribution is -0.119. The van der Waals surface area contributed by atoms with Crippen molar-refractivity contribution in [3.8, 4) is 0 Å². The van der Waals surface area contributed by atoms with Crippen molar-refractivity contribution in [3.63, 3.8) is 0 Å². The van der Waals surface area contributed by atoms with Gasteiger partial charge < -0.3 is 0 Å². The average molecular weight is 258 g/mol. The van der Waals surface area contributed by atoms with Crippen LogP contribution in [-0.2, 0) is 9.59 Å². The quantitative estimate of drug-likeness (QED) is 0.463. The first kappa shape index (κ1) is 17.0. The van der Waals surface area contributed by atoms with Crippen LogP contribution in [0.1, 0.15) is 26.7 Å². The van der Waals surface area contributed by atoms with Crippen LogP contribution in [0, 0.1) is 5.41 Å². The van der Waals surface area contributed by atoms with Crippen LogP contribution in [0.2, 0.25) is 0 Å². The van der Waals surface area contributed by atoms with Gasteiger partial charge >= 0.3 is 0 Å². The highest BCUT2D eigenvalue weighted by Gasteiger charge is 2.36. The van der Waals surface area contributed by atoms with Crippen LogP contribution in [0.25, 0.3) is 0 Å². The SMILES string of the molecule is C=CCC(C=C)(C(=O)C=C)C(C)=C(CC)C(=O)C=C. The molecule has 0 aliphatic rings. The van der Waals surface area contributed by atoms with E-state index in [9.17, 15) is 9.59 Å². The summed E-state index contributed by atoms with van der Waals surface area (Å²) in [5.41, 5.74) is 0.347. The molecule has 0 fully saturated rings. The van der Waals surface area contributed by atoms with E-state index in [1.165, 1.54) is 12.2 Å². The molecule has 0 aromatic rings. The maximum absolute atomic E-state index is 12.2. The normalized spacial score (nSPS) is 14.6. The predicted octanol–water partition coefficient (Wildman–Crippen LogP) is 3.97. The van der Waals surface area contributed by atoms with E-state index in [0.29, 0.717) is 24.0 Å². The third kappa shape index (κ3) is 3.28. The van der Waals surface area contributed by atoms with Crippen molar-refractivity contribution >= 4 is 11.6 Å². The van der Waals surface area contributed by atoms with E-state index in [4.69, 9.17) is 0 Å². The van der Waals surface area contributed by atoms with Gasteiger partial charge in [-0.25, -0.2) is 0 Å². The van der Waals surface area contributed by atoms with Gasteiger partial charge in [0.15, 0.2) is 11.6 Å². The van der Waals surface area contributed by atoms with E-state index in [0.717, 1.165) is 0 Å². The summed E-state index contributed by atoms with van der Waals surface area (Å²) in [6.07, 6.45) is 6.68. The molecule has 2 heteroatoms. The Morgan fingerprint density at radius 2 is 1.68 bits per heavy atom. The Morgan fingerprint density at radius 1 is 1.11 bits per heavy atom. The van der Waals surface area contributed by atoms with Gasteiger partial charge in [-0.15, -0.1) is 13.2 Å². The molecule has 0 amide bonds. The van der Waals surface area contributed by atoms with E-state index >= 15 is 0 Å². The largest absolute Gasteiger partial charge is 0.294 e. The van der Waals surface area contributed by atoms with Crippen LogP contribution in [-0.4, -0.2) is 11.6 Å². The molecule has 0 bridgehead atoms. The second kappa shape index (κ2) is 7.47. The van der Waals surface area contributed by atoms with Crippen molar-refractivity contribution in [2.45, 2.75) is 26.7 Å². The summed E-state index contributed by atoms with van der Waals surface area (Å²) < 4.78 is 0. The van der Waals surface area contributed by atoms with Crippen LogP contribution in [0.3, 0.4) is 0 Å². The third-order valence-electron chi connectivity index (χ3n) is 3.40. The Morgan fingerprint density at radius 3 is 2.00 bits per heavy atom. The fourth-order valence-corrected chi connectivity index (χ4v) is 2.20. The Hall–Kier alpha value is -1.96. The van der Waals surface area contributed by atoms with Crippen LogP contribution < -0.4 is 0 Å². The van der Waals surface area contributed by atoms with Crippen LogP contribution in [0.15, 0.2) is 61.8 Å². The first-order chi connectivity index (χ1) is 8.94.